The van der Waals surface area contributed by atoms with Gasteiger partial charge in [0.25, 0.3) is 5.91 Å². The van der Waals surface area contributed by atoms with Crippen LogP contribution in [0, 0.1) is 5.82 Å². The molecule has 0 saturated carbocycles. The van der Waals surface area contributed by atoms with Crippen LogP contribution in [0.3, 0.4) is 0 Å². The molecule has 2 aliphatic heterocycles. The lowest BCUT2D eigenvalue weighted by molar-refractivity contribution is 0.0741. The molecule has 1 amide bonds. The average molecular weight is 549 g/mol. The summed E-state index contributed by atoms with van der Waals surface area (Å²) in [6, 6.07) is 9.71. The number of nitrogens with zero attached hydrogens (tertiary/aromatic N) is 2. The lowest BCUT2D eigenvalue weighted by Gasteiger charge is -2.34. The summed E-state index contributed by atoms with van der Waals surface area (Å²) in [4.78, 5) is 17.4. The third-order valence-electron chi connectivity index (χ3n) is 7.20. The molecule has 37 heavy (non-hydrogen) atoms. The molecule has 2 aliphatic rings. The molecule has 3 heterocycles. The molecule has 0 unspecified atom stereocenters. The molecular weight excluding hydrogens is 519 g/mol. The number of carbonyl (C=O) groups is 1. The molecule has 2 fully saturated rings. The topological polar surface area (TPSA) is 80.1 Å². The quantitative estimate of drug-likeness (QED) is 0.446. The fourth-order valence-corrected chi connectivity index (χ4v) is 6.40. The highest BCUT2D eigenvalue weighted by atomic mass is 35.5. The fourth-order valence-electron chi connectivity index (χ4n) is 4.99. The van der Waals surface area contributed by atoms with Crippen LogP contribution in [0.2, 0.25) is 5.02 Å². The second kappa shape index (κ2) is 10.3. The van der Waals surface area contributed by atoms with Crippen LogP contribution in [0.25, 0.3) is 22.1 Å². The molecule has 198 valence electrons. The first-order valence-electron chi connectivity index (χ1n) is 12.5. The van der Waals surface area contributed by atoms with Gasteiger partial charge in [-0.3, -0.25) is 4.79 Å². The fraction of sp³-hybridized carbons (Fsp3) is 0.444. The summed E-state index contributed by atoms with van der Waals surface area (Å²) in [7, 11) is -3.16. The van der Waals surface area contributed by atoms with Crippen molar-refractivity contribution in [3.63, 3.8) is 0 Å². The van der Waals surface area contributed by atoms with E-state index in [9.17, 15) is 17.6 Å². The number of piperidine rings is 1. The van der Waals surface area contributed by atoms with Crippen molar-refractivity contribution < 1.29 is 26.8 Å². The van der Waals surface area contributed by atoms with E-state index < -0.39 is 21.6 Å². The van der Waals surface area contributed by atoms with Crippen molar-refractivity contribution in [3.8, 4) is 16.9 Å². The summed E-state index contributed by atoms with van der Waals surface area (Å²) in [6.45, 7) is 6.44. The molecular formula is C27H30ClFN2O5S. The number of likely N-dealkylation sites (tertiary alicyclic amines) is 1. The Morgan fingerprint density at radius 1 is 1.08 bits per heavy atom. The highest BCUT2D eigenvalue weighted by Gasteiger charge is 2.31. The van der Waals surface area contributed by atoms with Crippen LogP contribution in [0.15, 0.2) is 40.8 Å². The van der Waals surface area contributed by atoms with Gasteiger partial charge in [0.1, 0.15) is 23.3 Å². The van der Waals surface area contributed by atoms with E-state index in [0.717, 1.165) is 25.9 Å². The maximum absolute atomic E-state index is 13.7. The predicted octanol–water partition coefficient (Wildman–Crippen LogP) is 5.01. The second-order valence-electron chi connectivity index (χ2n) is 9.98. The molecule has 7 nitrogen and oxygen atoms in total. The maximum Gasteiger partial charge on any atom is 0.290 e. The van der Waals surface area contributed by atoms with Gasteiger partial charge in [-0.25, -0.2) is 12.8 Å². The highest BCUT2D eigenvalue weighted by molar-refractivity contribution is 7.91. The van der Waals surface area contributed by atoms with Crippen LogP contribution in [-0.2, 0) is 9.84 Å². The molecule has 0 bridgehead atoms. The summed E-state index contributed by atoms with van der Waals surface area (Å²) in [5.74, 6) is -0.443. The third kappa shape index (κ3) is 5.49. The molecule has 0 atom stereocenters. The first-order chi connectivity index (χ1) is 17.6. The SMILES string of the molecule is CC(C)N1CCC(Oc2cc3oc(C(=O)N4CCS(=O)(=O)CC4)c(-c4ccc(F)cc4)c3cc2Cl)CC1. The van der Waals surface area contributed by atoms with E-state index >= 15 is 0 Å². The lowest BCUT2D eigenvalue weighted by Crippen LogP contribution is -2.43. The average Bonchev–Trinajstić information content (AvgIpc) is 3.22. The Labute approximate surface area is 221 Å². The van der Waals surface area contributed by atoms with Crippen LogP contribution >= 0.6 is 11.6 Å². The van der Waals surface area contributed by atoms with Gasteiger partial charge in [-0.1, -0.05) is 23.7 Å². The smallest absolute Gasteiger partial charge is 0.290 e. The maximum atomic E-state index is 13.7. The monoisotopic (exact) mass is 548 g/mol. The van der Waals surface area contributed by atoms with Crippen molar-refractivity contribution in [2.45, 2.75) is 38.8 Å². The minimum Gasteiger partial charge on any atom is -0.489 e. The normalized spacial score (nSPS) is 19.0. The zero-order chi connectivity index (χ0) is 26.3. The molecule has 0 spiro atoms. The molecule has 1 aromatic heterocycles. The number of fused-ring (bicyclic) bond motifs is 1. The molecule has 0 aliphatic carbocycles. The number of hydrogen-bond acceptors (Lipinski definition) is 6. The molecule has 3 aromatic rings. The third-order valence-corrected chi connectivity index (χ3v) is 9.11. The second-order valence-corrected chi connectivity index (χ2v) is 12.7. The first-order valence-corrected chi connectivity index (χ1v) is 14.7. The van der Waals surface area contributed by atoms with Gasteiger partial charge in [0, 0.05) is 49.2 Å². The number of amides is 1. The van der Waals surface area contributed by atoms with Crippen molar-refractivity contribution in [2.24, 2.45) is 0 Å². The minimum atomic E-state index is -3.16. The van der Waals surface area contributed by atoms with Gasteiger partial charge in [0.2, 0.25) is 5.76 Å². The molecule has 0 N–H and O–H groups in total. The number of ether oxygens (including phenoxy) is 1. The Bertz CT molecular complexity index is 1400. The zero-order valence-electron chi connectivity index (χ0n) is 20.9. The van der Waals surface area contributed by atoms with Gasteiger partial charge in [0.05, 0.1) is 16.5 Å². The minimum absolute atomic E-state index is 0.0212. The number of hydrogen-bond donors (Lipinski definition) is 0. The Kier molecular flexibility index (Phi) is 7.22. The van der Waals surface area contributed by atoms with E-state index in [4.69, 9.17) is 20.8 Å². The number of carbonyl (C=O) groups excluding carboxylic acids is 1. The molecule has 5 rings (SSSR count). The summed E-state index contributed by atoms with van der Waals surface area (Å²) in [5, 5.41) is 0.998. The standard InChI is InChI=1S/C27H30ClFN2O5S/c1-17(2)30-9-7-20(8-10-30)35-24-16-23-21(15-22(24)28)25(18-3-5-19(29)6-4-18)26(36-23)27(32)31-11-13-37(33,34)14-12-31/h3-6,15-17,20H,7-14H2,1-2H3. The summed E-state index contributed by atoms with van der Waals surface area (Å²) in [5.41, 5.74) is 1.51. The predicted molar refractivity (Wildman–Crippen MR) is 142 cm³/mol. The van der Waals surface area contributed by atoms with E-state index in [1.165, 1.54) is 17.0 Å². The number of halogens is 2. The number of sulfone groups is 1. The van der Waals surface area contributed by atoms with Crippen molar-refractivity contribution >= 4 is 38.3 Å². The zero-order valence-corrected chi connectivity index (χ0v) is 22.4. The van der Waals surface area contributed by atoms with Crippen molar-refractivity contribution in [1.29, 1.82) is 0 Å². The number of rotatable bonds is 5. The van der Waals surface area contributed by atoms with Gasteiger partial charge in [0.15, 0.2) is 9.84 Å². The Morgan fingerprint density at radius 2 is 1.73 bits per heavy atom. The van der Waals surface area contributed by atoms with Gasteiger partial charge in [-0.15, -0.1) is 0 Å². The highest BCUT2D eigenvalue weighted by Crippen LogP contribution is 2.41. The first kappa shape index (κ1) is 26.0. The summed E-state index contributed by atoms with van der Waals surface area (Å²) < 4.78 is 49.8. The van der Waals surface area contributed by atoms with Crippen molar-refractivity contribution in [3.05, 3.63) is 53.0 Å². The molecule has 10 heteroatoms. The number of furan rings is 1. The molecule has 2 aromatic carbocycles. The van der Waals surface area contributed by atoms with E-state index in [2.05, 4.69) is 18.7 Å². The van der Waals surface area contributed by atoms with Crippen molar-refractivity contribution in [2.75, 3.05) is 37.7 Å². The van der Waals surface area contributed by atoms with Gasteiger partial charge in [-0.2, -0.15) is 0 Å². The molecule has 2 saturated heterocycles. The van der Waals surface area contributed by atoms with Gasteiger partial charge < -0.3 is 19.0 Å². The summed E-state index contributed by atoms with van der Waals surface area (Å²) >= 11 is 6.66. The molecule has 0 radical (unpaired) electrons. The Hall–Kier alpha value is -2.62. The Balaban J connectivity index is 1.50. The van der Waals surface area contributed by atoms with Crippen LogP contribution in [0.4, 0.5) is 4.39 Å². The lowest BCUT2D eigenvalue weighted by atomic mass is 10.0. The van der Waals surface area contributed by atoms with Gasteiger partial charge in [-0.05, 0) is 50.5 Å². The summed E-state index contributed by atoms with van der Waals surface area (Å²) in [6.07, 6.45) is 1.79. The van der Waals surface area contributed by atoms with E-state index in [1.54, 1.807) is 24.3 Å². The van der Waals surface area contributed by atoms with Crippen molar-refractivity contribution in [1.82, 2.24) is 9.80 Å². The van der Waals surface area contributed by atoms with E-state index in [-0.39, 0.29) is 36.5 Å². The van der Waals surface area contributed by atoms with Gasteiger partial charge >= 0.3 is 0 Å². The van der Waals surface area contributed by atoms with E-state index in [0.29, 0.717) is 38.9 Å². The van der Waals surface area contributed by atoms with Crippen LogP contribution in [-0.4, -0.2) is 74.0 Å². The van der Waals surface area contributed by atoms with E-state index in [1.807, 2.05) is 0 Å². The number of benzene rings is 2. The Morgan fingerprint density at radius 3 is 2.35 bits per heavy atom. The van der Waals surface area contributed by atoms with Crippen LogP contribution in [0.1, 0.15) is 37.2 Å². The largest absolute Gasteiger partial charge is 0.489 e. The van der Waals surface area contributed by atoms with Crippen LogP contribution in [0.5, 0.6) is 5.75 Å². The van der Waals surface area contributed by atoms with Crippen LogP contribution < -0.4 is 4.74 Å².